The number of carbonyl (C=O) groups is 4. The molecule has 184 valence electrons. The van der Waals surface area contributed by atoms with Crippen LogP contribution in [0.1, 0.15) is 24.0 Å². The van der Waals surface area contributed by atoms with Gasteiger partial charge in [-0.05, 0) is 23.6 Å². The van der Waals surface area contributed by atoms with E-state index in [9.17, 15) is 24.3 Å². The van der Waals surface area contributed by atoms with Gasteiger partial charge in [-0.2, -0.15) is 0 Å². The summed E-state index contributed by atoms with van der Waals surface area (Å²) in [6.45, 7) is 0. The number of hydrogen-bond acceptors (Lipinski definition) is 5. The van der Waals surface area contributed by atoms with E-state index in [0.717, 1.165) is 22.0 Å². The van der Waals surface area contributed by atoms with Crippen LogP contribution in [0.3, 0.4) is 0 Å². The Morgan fingerprint density at radius 1 is 0.886 bits per heavy atom. The van der Waals surface area contributed by atoms with E-state index >= 15 is 0 Å². The fourth-order valence-corrected chi connectivity index (χ4v) is 3.76. The molecule has 3 atom stereocenters. The van der Waals surface area contributed by atoms with Crippen LogP contribution in [0.25, 0.3) is 10.9 Å². The molecule has 0 radical (unpaired) electrons. The summed E-state index contributed by atoms with van der Waals surface area (Å²) in [4.78, 5) is 51.8. The normalized spacial score (nSPS) is 13.5. The Labute approximate surface area is 202 Å². The molecule has 3 aromatic rings. The predicted octanol–water partition coefficient (Wildman–Crippen LogP) is 0.600. The zero-order chi connectivity index (χ0) is 25.4. The third-order valence-corrected chi connectivity index (χ3v) is 5.67. The maximum Gasteiger partial charge on any atom is 0.326 e. The third-order valence-electron chi connectivity index (χ3n) is 5.67. The Hall–Kier alpha value is -4.18. The van der Waals surface area contributed by atoms with Crippen molar-refractivity contribution in [3.8, 4) is 0 Å². The van der Waals surface area contributed by atoms with Crippen molar-refractivity contribution < 1.29 is 24.3 Å². The Bertz CT molecular complexity index is 1190. The Kier molecular flexibility index (Phi) is 8.58. The molecule has 0 saturated heterocycles. The molecule has 0 aliphatic rings. The molecule has 0 bridgehead atoms. The highest BCUT2D eigenvalue weighted by atomic mass is 16.4. The van der Waals surface area contributed by atoms with Crippen molar-refractivity contribution in [1.82, 2.24) is 15.6 Å². The van der Waals surface area contributed by atoms with E-state index in [-0.39, 0.29) is 25.7 Å². The minimum atomic E-state index is -1.22. The number of hydrogen-bond donors (Lipinski definition) is 6. The van der Waals surface area contributed by atoms with Crippen LogP contribution in [-0.2, 0) is 32.0 Å². The molecule has 0 saturated carbocycles. The molecule has 35 heavy (non-hydrogen) atoms. The first kappa shape index (κ1) is 25.4. The highest BCUT2D eigenvalue weighted by Gasteiger charge is 2.29. The zero-order valence-electron chi connectivity index (χ0n) is 19.1. The van der Waals surface area contributed by atoms with Crippen molar-refractivity contribution in [3.05, 3.63) is 71.9 Å². The maximum absolute atomic E-state index is 13.2. The first-order chi connectivity index (χ1) is 16.7. The fourth-order valence-electron chi connectivity index (χ4n) is 3.76. The molecule has 3 rings (SSSR count). The average molecular weight is 480 g/mol. The number of para-hydroxylation sites is 1. The van der Waals surface area contributed by atoms with E-state index in [2.05, 4.69) is 15.6 Å². The molecule has 8 N–H and O–H groups in total. The molecule has 0 aliphatic carbocycles. The lowest BCUT2D eigenvalue weighted by molar-refractivity contribution is -0.142. The maximum atomic E-state index is 13.2. The average Bonchev–Trinajstić information content (AvgIpc) is 3.25. The topological polar surface area (TPSA) is 180 Å². The van der Waals surface area contributed by atoms with Gasteiger partial charge in [0.2, 0.25) is 17.7 Å². The van der Waals surface area contributed by atoms with Crippen molar-refractivity contribution in [1.29, 1.82) is 0 Å². The molecule has 10 nitrogen and oxygen atoms in total. The standard InChI is InChI=1S/C25H29N5O5/c26-18(10-11-22(27)31)23(32)29-20(12-15-6-2-1-3-7-15)24(33)30-21(25(34)35)13-16-14-28-19-9-5-4-8-17(16)19/h1-9,14,18,20-21,28H,10-13,26H2,(H2,27,31)(H,29,32)(H,30,33)(H,34,35). The lowest BCUT2D eigenvalue weighted by atomic mass is 10.0. The quantitative estimate of drug-likeness (QED) is 0.221. The van der Waals surface area contributed by atoms with E-state index < -0.39 is 41.8 Å². The van der Waals surface area contributed by atoms with E-state index in [1.165, 1.54) is 0 Å². The number of aliphatic carboxylic acids is 1. The summed E-state index contributed by atoms with van der Waals surface area (Å²) in [6.07, 6.45) is 1.85. The number of carboxylic acids is 1. The summed E-state index contributed by atoms with van der Waals surface area (Å²) >= 11 is 0. The summed E-state index contributed by atoms with van der Waals surface area (Å²) in [7, 11) is 0. The van der Waals surface area contributed by atoms with Crippen molar-refractivity contribution in [3.63, 3.8) is 0 Å². The summed E-state index contributed by atoms with van der Waals surface area (Å²) in [5.41, 5.74) is 13.3. The second-order valence-corrected chi connectivity index (χ2v) is 8.33. The van der Waals surface area contributed by atoms with Crippen LogP contribution in [0, 0.1) is 0 Å². The van der Waals surface area contributed by atoms with Crippen LogP contribution >= 0.6 is 0 Å². The SMILES string of the molecule is NC(=O)CCC(N)C(=O)NC(Cc1ccccc1)C(=O)NC(Cc1c[nH]c2ccccc12)C(=O)O. The van der Waals surface area contributed by atoms with Crippen molar-refractivity contribution in [2.75, 3.05) is 0 Å². The number of H-pyrrole nitrogens is 1. The number of amides is 3. The second kappa shape index (κ2) is 11.8. The summed E-state index contributed by atoms with van der Waals surface area (Å²) in [6, 6.07) is 13.1. The number of carbonyl (C=O) groups excluding carboxylic acids is 3. The van der Waals surface area contributed by atoms with Gasteiger partial charge in [0, 0.05) is 36.4 Å². The van der Waals surface area contributed by atoms with Gasteiger partial charge in [-0.25, -0.2) is 4.79 Å². The van der Waals surface area contributed by atoms with Crippen LogP contribution in [-0.4, -0.2) is 51.9 Å². The van der Waals surface area contributed by atoms with Crippen LogP contribution in [0.15, 0.2) is 60.8 Å². The number of rotatable bonds is 12. The second-order valence-electron chi connectivity index (χ2n) is 8.33. The molecule has 3 amide bonds. The number of aromatic nitrogens is 1. The number of nitrogens with two attached hydrogens (primary N) is 2. The zero-order valence-corrected chi connectivity index (χ0v) is 19.1. The van der Waals surface area contributed by atoms with Gasteiger partial charge in [-0.15, -0.1) is 0 Å². The highest BCUT2D eigenvalue weighted by Crippen LogP contribution is 2.19. The molecular weight excluding hydrogens is 450 g/mol. The minimum Gasteiger partial charge on any atom is -0.480 e. The number of aromatic amines is 1. The van der Waals surface area contributed by atoms with Crippen molar-refractivity contribution in [2.45, 2.75) is 43.8 Å². The Morgan fingerprint density at radius 2 is 1.54 bits per heavy atom. The monoisotopic (exact) mass is 479 g/mol. The smallest absolute Gasteiger partial charge is 0.326 e. The van der Waals surface area contributed by atoms with E-state index in [1.54, 1.807) is 30.5 Å². The Morgan fingerprint density at radius 3 is 2.23 bits per heavy atom. The molecule has 1 aromatic heterocycles. The summed E-state index contributed by atoms with van der Waals surface area (Å²) in [5.74, 6) is -3.08. The molecule has 10 heteroatoms. The van der Waals surface area contributed by atoms with Crippen LogP contribution in [0.5, 0.6) is 0 Å². The van der Waals surface area contributed by atoms with Gasteiger partial charge in [0.05, 0.1) is 6.04 Å². The number of carboxylic acid groups (broad SMARTS) is 1. The van der Waals surface area contributed by atoms with E-state index in [4.69, 9.17) is 11.5 Å². The van der Waals surface area contributed by atoms with Crippen LogP contribution in [0.4, 0.5) is 0 Å². The van der Waals surface area contributed by atoms with Crippen LogP contribution < -0.4 is 22.1 Å². The number of benzene rings is 2. The van der Waals surface area contributed by atoms with Gasteiger partial charge >= 0.3 is 5.97 Å². The fraction of sp³-hybridized carbons (Fsp3) is 0.280. The molecule has 1 heterocycles. The largest absolute Gasteiger partial charge is 0.480 e. The van der Waals surface area contributed by atoms with E-state index in [1.807, 2.05) is 30.3 Å². The summed E-state index contributed by atoms with van der Waals surface area (Å²) < 4.78 is 0. The van der Waals surface area contributed by atoms with Gasteiger partial charge in [0.1, 0.15) is 12.1 Å². The molecular formula is C25H29N5O5. The predicted molar refractivity (Wildman–Crippen MR) is 130 cm³/mol. The molecule has 3 unspecified atom stereocenters. The van der Waals surface area contributed by atoms with Crippen LogP contribution in [0.2, 0.25) is 0 Å². The number of nitrogens with one attached hydrogen (secondary N) is 3. The lowest BCUT2D eigenvalue weighted by Crippen LogP contribution is -2.55. The van der Waals surface area contributed by atoms with Gasteiger partial charge in [-0.3, -0.25) is 14.4 Å². The van der Waals surface area contributed by atoms with Crippen molar-refractivity contribution >= 4 is 34.6 Å². The summed E-state index contributed by atoms with van der Waals surface area (Å²) in [5, 5.41) is 15.8. The van der Waals surface area contributed by atoms with Gasteiger partial charge in [-0.1, -0.05) is 48.5 Å². The Balaban J connectivity index is 1.75. The third kappa shape index (κ3) is 7.15. The van der Waals surface area contributed by atoms with Gasteiger partial charge in [0.15, 0.2) is 0 Å². The molecule has 0 aliphatic heterocycles. The van der Waals surface area contributed by atoms with Gasteiger partial charge < -0.3 is 32.2 Å². The first-order valence-electron chi connectivity index (χ1n) is 11.2. The van der Waals surface area contributed by atoms with Crippen molar-refractivity contribution in [2.24, 2.45) is 11.5 Å². The molecule has 0 fully saturated rings. The minimum absolute atomic E-state index is 0.0269. The molecule has 0 spiro atoms. The van der Waals surface area contributed by atoms with E-state index in [0.29, 0.717) is 0 Å². The number of fused-ring (bicyclic) bond motifs is 1. The number of primary amides is 1. The first-order valence-corrected chi connectivity index (χ1v) is 11.2. The highest BCUT2D eigenvalue weighted by molar-refractivity contribution is 5.92. The van der Waals surface area contributed by atoms with Gasteiger partial charge in [0.25, 0.3) is 0 Å². The molecule has 2 aromatic carbocycles. The lowest BCUT2D eigenvalue weighted by Gasteiger charge is -2.23.